The summed E-state index contributed by atoms with van der Waals surface area (Å²) in [5.74, 6) is 1.51. The first-order valence-corrected chi connectivity index (χ1v) is 6.28. The highest BCUT2D eigenvalue weighted by Crippen LogP contribution is 2.11. The van der Waals surface area contributed by atoms with Gasteiger partial charge in [-0.3, -0.25) is 0 Å². The average Bonchev–Trinajstić information content (AvgIpc) is 2.69. The number of rotatable bonds is 7. The molecule has 0 amide bonds. The average molecular weight is 220 g/mol. The Morgan fingerprint density at radius 3 is 3.00 bits per heavy atom. The summed E-state index contributed by atoms with van der Waals surface area (Å²) >= 11 is 5.73. The van der Waals surface area contributed by atoms with Gasteiger partial charge in [0.2, 0.25) is 0 Å². The summed E-state index contributed by atoms with van der Waals surface area (Å²) in [6, 6.07) is 0. The number of nitrogens with one attached hydrogen (secondary N) is 1. The highest BCUT2D eigenvalue weighted by atomic mass is 35.5. The molecule has 1 saturated heterocycles. The van der Waals surface area contributed by atoms with Gasteiger partial charge in [0.05, 0.1) is 6.10 Å². The van der Waals surface area contributed by atoms with Crippen molar-refractivity contribution in [2.75, 3.05) is 25.6 Å². The van der Waals surface area contributed by atoms with Crippen molar-refractivity contribution in [1.82, 2.24) is 5.32 Å². The SMILES string of the molecule is CCC(CCCl)CNCC1CCCO1. The molecule has 2 unspecified atom stereocenters. The van der Waals surface area contributed by atoms with Gasteiger partial charge in [-0.1, -0.05) is 13.3 Å². The lowest BCUT2D eigenvalue weighted by molar-refractivity contribution is 0.109. The molecule has 2 atom stereocenters. The van der Waals surface area contributed by atoms with Gasteiger partial charge in [0.15, 0.2) is 0 Å². The normalized spacial score (nSPS) is 24.0. The van der Waals surface area contributed by atoms with E-state index in [1.54, 1.807) is 0 Å². The van der Waals surface area contributed by atoms with Crippen molar-refractivity contribution in [2.24, 2.45) is 5.92 Å². The van der Waals surface area contributed by atoms with Gasteiger partial charge >= 0.3 is 0 Å². The van der Waals surface area contributed by atoms with Crippen LogP contribution >= 0.6 is 11.6 Å². The van der Waals surface area contributed by atoms with Crippen LogP contribution in [-0.2, 0) is 4.74 Å². The van der Waals surface area contributed by atoms with Crippen LogP contribution in [0.15, 0.2) is 0 Å². The number of halogens is 1. The molecule has 1 aliphatic heterocycles. The Morgan fingerprint density at radius 1 is 1.57 bits per heavy atom. The quantitative estimate of drug-likeness (QED) is 0.664. The van der Waals surface area contributed by atoms with E-state index in [-0.39, 0.29) is 0 Å². The standard InChI is InChI=1S/C11H22ClNO/c1-2-10(5-6-12)8-13-9-11-4-3-7-14-11/h10-11,13H,2-9H2,1H3. The molecule has 0 bridgehead atoms. The molecule has 1 aliphatic rings. The van der Waals surface area contributed by atoms with Crippen LogP contribution in [0.3, 0.4) is 0 Å². The van der Waals surface area contributed by atoms with Gasteiger partial charge in [0.25, 0.3) is 0 Å². The van der Waals surface area contributed by atoms with Gasteiger partial charge in [0, 0.05) is 19.0 Å². The first-order valence-electron chi connectivity index (χ1n) is 5.75. The third kappa shape index (κ3) is 4.63. The van der Waals surface area contributed by atoms with Crippen molar-refractivity contribution in [2.45, 2.75) is 38.7 Å². The summed E-state index contributed by atoms with van der Waals surface area (Å²) < 4.78 is 5.54. The Bertz CT molecular complexity index is 137. The summed E-state index contributed by atoms with van der Waals surface area (Å²) in [6.07, 6.45) is 5.25. The molecule has 0 spiro atoms. The maximum atomic E-state index is 5.73. The third-order valence-corrected chi connectivity index (χ3v) is 3.14. The topological polar surface area (TPSA) is 21.3 Å². The van der Waals surface area contributed by atoms with E-state index in [9.17, 15) is 0 Å². The molecule has 0 aromatic carbocycles. The van der Waals surface area contributed by atoms with Crippen LogP contribution in [0.2, 0.25) is 0 Å². The Balaban J connectivity index is 2.00. The van der Waals surface area contributed by atoms with E-state index in [1.165, 1.54) is 19.3 Å². The van der Waals surface area contributed by atoms with E-state index < -0.39 is 0 Å². The fourth-order valence-corrected chi connectivity index (χ4v) is 2.17. The highest BCUT2D eigenvalue weighted by molar-refractivity contribution is 6.17. The molecule has 0 aromatic rings. The molecular formula is C11H22ClNO. The van der Waals surface area contributed by atoms with Crippen molar-refractivity contribution < 1.29 is 4.74 Å². The zero-order chi connectivity index (χ0) is 10.2. The monoisotopic (exact) mass is 219 g/mol. The zero-order valence-electron chi connectivity index (χ0n) is 9.10. The van der Waals surface area contributed by atoms with Gasteiger partial charge < -0.3 is 10.1 Å². The summed E-state index contributed by atoms with van der Waals surface area (Å²) in [4.78, 5) is 0. The lowest BCUT2D eigenvalue weighted by atomic mass is 10.0. The molecule has 0 saturated carbocycles. The number of hydrogen-bond acceptors (Lipinski definition) is 2. The second-order valence-electron chi connectivity index (χ2n) is 4.05. The molecular weight excluding hydrogens is 198 g/mol. The molecule has 3 heteroatoms. The van der Waals surface area contributed by atoms with Crippen molar-refractivity contribution in [3.63, 3.8) is 0 Å². The predicted octanol–water partition coefficient (Wildman–Crippen LogP) is 2.41. The first kappa shape index (κ1) is 12.3. The first-order chi connectivity index (χ1) is 6.86. The minimum Gasteiger partial charge on any atom is -0.377 e. The molecule has 1 fully saturated rings. The van der Waals surface area contributed by atoms with E-state index in [0.29, 0.717) is 6.10 Å². The largest absolute Gasteiger partial charge is 0.377 e. The van der Waals surface area contributed by atoms with Crippen molar-refractivity contribution in [3.8, 4) is 0 Å². The van der Waals surface area contributed by atoms with Crippen molar-refractivity contribution >= 4 is 11.6 Å². The Kier molecular flexibility index (Phi) is 6.57. The number of hydrogen-bond donors (Lipinski definition) is 1. The van der Waals surface area contributed by atoms with E-state index in [4.69, 9.17) is 16.3 Å². The molecule has 0 aliphatic carbocycles. The second kappa shape index (κ2) is 7.49. The summed E-state index contributed by atoms with van der Waals surface area (Å²) in [5, 5.41) is 3.48. The van der Waals surface area contributed by atoms with E-state index in [0.717, 1.165) is 37.9 Å². The lowest BCUT2D eigenvalue weighted by Gasteiger charge is -2.16. The highest BCUT2D eigenvalue weighted by Gasteiger charge is 2.15. The molecule has 1 N–H and O–H groups in total. The van der Waals surface area contributed by atoms with Gasteiger partial charge in [-0.2, -0.15) is 0 Å². The van der Waals surface area contributed by atoms with Crippen LogP contribution in [0, 0.1) is 5.92 Å². The van der Waals surface area contributed by atoms with Crippen LogP contribution < -0.4 is 5.32 Å². The van der Waals surface area contributed by atoms with Crippen LogP contribution in [0.5, 0.6) is 0 Å². The fourth-order valence-electron chi connectivity index (χ4n) is 1.86. The second-order valence-corrected chi connectivity index (χ2v) is 4.42. The summed E-state index contributed by atoms with van der Waals surface area (Å²) in [7, 11) is 0. The molecule has 2 nitrogen and oxygen atoms in total. The number of ether oxygens (including phenoxy) is 1. The van der Waals surface area contributed by atoms with Crippen LogP contribution in [0.4, 0.5) is 0 Å². The molecule has 1 heterocycles. The van der Waals surface area contributed by atoms with Crippen molar-refractivity contribution in [3.05, 3.63) is 0 Å². The Labute approximate surface area is 92.3 Å². The van der Waals surface area contributed by atoms with Gasteiger partial charge in [-0.05, 0) is 31.7 Å². The van der Waals surface area contributed by atoms with Crippen LogP contribution in [-0.4, -0.2) is 31.7 Å². The number of alkyl halides is 1. The van der Waals surface area contributed by atoms with Gasteiger partial charge in [0.1, 0.15) is 0 Å². The van der Waals surface area contributed by atoms with E-state index in [1.807, 2.05) is 0 Å². The Hall–Kier alpha value is 0.210. The Morgan fingerprint density at radius 2 is 2.43 bits per heavy atom. The van der Waals surface area contributed by atoms with Gasteiger partial charge in [-0.15, -0.1) is 11.6 Å². The zero-order valence-corrected chi connectivity index (χ0v) is 9.85. The molecule has 0 aromatic heterocycles. The maximum absolute atomic E-state index is 5.73. The maximum Gasteiger partial charge on any atom is 0.0700 e. The molecule has 84 valence electrons. The smallest absolute Gasteiger partial charge is 0.0700 e. The molecule has 0 radical (unpaired) electrons. The predicted molar refractivity (Wildman–Crippen MR) is 61.0 cm³/mol. The molecule has 14 heavy (non-hydrogen) atoms. The van der Waals surface area contributed by atoms with E-state index in [2.05, 4.69) is 12.2 Å². The minimum absolute atomic E-state index is 0.462. The lowest BCUT2D eigenvalue weighted by Crippen LogP contribution is -2.30. The minimum atomic E-state index is 0.462. The fraction of sp³-hybridized carbons (Fsp3) is 1.00. The van der Waals surface area contributed by atoms with E-state index >= 15 is 0 Å². The van der Waals surface area contributed by atoms with Crippen molar-refractivity contribution in [1.29, 1.82) is 0 Å². The summed E-state index contributed by atoms with van der Waals surface area (Å²) in [5.41, 5.74) is 0. The summed E-state index contributed by atoms with van der Waals surface area (Å²) in [6.45, 7) is 5.28. The molecule has 1 rings (SSSR count). The van der Waals surface area contributed by atoms with Crippen LogP contribution in [0.1, 0.15) is 32.6 Å². The van der Waals surface area contributed by atoms with Crippen LogP contribution in [0.25, 0.3) is 0 Å². The third-order valence-electron chi connectivity index (χ3n) is 2.92. The van der Waals surface area contributed by atoms with Gasteiger partial charge in [-0.25, -0.2) is 0 Å².